The van der Waals surface area contributed by atoms with Gasteiger partial charge in [0.15, 0.2) is 0 Å². The molecule has 41 heavy (non-hydrogen) atoms. The maximum atomic E-state index is 13.7. The van der Waals surface area contributed by atoms with Gasteiger partial charge in [-0.15, -0.1) is 0 Å². The molecular weight excluding hydrogens is 534 g/mol. The molecule has 4 aromatic carbocycles. The van der Waals surface area contributed by atoms with Crippen molar-refractivity contribution in [3.8, 4) is 0 Å². The van der Waals surface area contributed by atoms with Gasteiger partial charge in [0.05, 0.1) is 10.6 Å². The zero-order valence-corrected chi connectivity index (χ0v) is 24.5. The molecule has 4 aromatic rings. The lowest BCUT2D eigenvalue weighted by atomic mass is 9.87. The Bertz CT molecular complexity index is 1630. The van der Waals surface area contributed by atoms with Crippen LogP contribution >= 0.6 is 0 Å². The molecule has 8 heteroatoms. The fourth-order valence-corrected chi connectivity index (χ4v) is 5.88. The molecule has 0 aliphatic carbocycles. The molecule has 0 aliphatic rings. The molecule has 0 bridgehead atoms. The minimum Gasteiger partial charge on any atom is -0.324 e. The highest BCUT2D eigenvalue weighted by Crippen LogP contribution is 2.28. The number of sulfonamides is 1. The molecule has 7 nitrogen and oxygen atoms in total. The van der Waals surface area contributed by atoms with E-state index in [-0.39, 0.29) is 16.2 Å². The molecule has 0 saturated carbocycles. The molecule has 2 amide bonds. The van der Waals surface area contributed by atoms with E-state index in [0.717, 1.165) is 15.4 Å². The molecule has 212 valence electrons. The summed E-state index contributed by atoms with van der Waals surface area (Å²) in [7, 11) is -4.03. The second kappa shape index (κ2) is 12.4. The van der Waals surface area contributed by atoms with Crippen molar-refractivity contribution in [1.29, 1.82) is 0 Å². The van der Waals surface area contributed by atoms with Crippen molar-refractivity contribution in [3.05, 3.63) is 120 Å². The maximum Gasteiger partial charge on any atom is 0.264 e. The lowest BCUT2D eigenvalue weighted by molar-refractivity contribution is -0.114. The third-order valence-electron chi connectivity index (χ3n) is 6.68. The summed E-state index contributed by atoms with van der Waals surface area (Å²) in [6.45, 7) is 7.85. The van der Waals surface area contributed by atoms with E-state index in [4.69, 9.17) is 0 Å². The van der Waals surface area contributed by atoms with E-state index < -0.39 is 22.5 Å². The minimum absolute atomic E-state index is 0.0177. The number of carbonyl (C=O) groups excluding carboxylic acids is 2. The van der Waals surface area contributed by atoms with Gasteiger partial charge in [-0.05, 0) is 71.5 Å². The Balaban J connectivity index is 1.52. The van der Waals surface area contributed by atoms with Crippen molar-refractivity contribution in [2.45, 2.75) is 44.4 Å². The van der Waals surface area contributed by atoms with Crippen LogP contribution in [0.5, 0.6) is 0 Å². The van der Waals surface area contributed by atoms with E-state index in [2.05, 4.69) is 31.4 Å². The lowest BCUT2D eigenvalue weighted by Crippen LogP contribution is -2.38. The van der Waals surface area contributed by atoms with E-state index in [1.165, 1.54) is 12.1 Å². The molecule has 2 N–H and O–H groups in total. The summed E-state index contributed by atoms with van der Waals surface area (Å²) in [4.78, 5) is 26.2. The number of nitrogens with zero attached hydrogens (tertiary/aromatic N) is 1. The van der Waals surface area contributed by atoms with E-state index in [9.17, 15) is 18.0 Å². The Kier molecular flexibility index (Phi) is 8.93. The third-order valence-corrected chi connectivity index (χ3v) is 8.45. The summed E-state index contributed by atoms with van der Waals surface area (Å²) in [6.07, 6.45) is 0.597. The number of rotatable bonds is 9. The molecule has 0 fully saturated rings. The van der Waals surface area contributed by atoms with Crippen LogP contribution in [-0.2, 0) is 26.7 Å². The highest BCUT2D eigenvalue weighted by molar-refractivity contribution is 7.92. The third kappa shape index (κ3) is 7.21. The monoisotopic (exact) mass is 569 g/mol. The van der Waals surface area contributed by atoms with Gasteiger partial charge >= 0.3 is 0 Å². The van der Waals surface area contributed by atoms with E-state index in [1.54, 1.807) is 66.7 Å². The molecular formula is C33H35N3O4S. The minimum atomic E-state index is -4.03. The number of carbonyl (C=O) groups is 2. The Morgan fingerprint density at radius 1 is 0.756 bits per heavy atom. The summed E-state index contributed by atoms with van der Waals surface area (Å²) in [5.74, 6) is -0.790. The number of aryl methyl sites for hydroxylation is 1. The first kappa shape index (κ1) is 29.6. The Morgan fingerprint density at radius 2 is 1.37 bits per heavy atom. The molecule has 0 aromatic heterocycles. The van der Waals surface area contributed by atoms with Crippen molar-refractivity contribution < 1.29 is 18.0 Å². The van der Waals surface area contributed by atoms with Gasteiger partial charge in [0.1, 0.15) is 6.54 Å². The topological polar surface area (TPSA) is 95.6 Å². The van der Waals surface area contributed by atoms with Crippen LogP contribution in [0.15, 0.2) is 108 Å². The highest BCUT2D eigenvalue weighted by atomic mass is 32.2. The van der Waals surface area contributed by atoms with Gasteiger partial charge in [0.25, 0.3) is 15.9 Å². The molecule has 4 rings (SSSR count). The molecule has 0 atom stereocenters. The van der Waals surface area contributed by atoms with Crippen LogP contribution in [0, 0.1) is 0 Å². The fourth-order valence-electron chi connectivity index (χ4n) is 4.40. The number of nitrogens with one attached hydrogen (secondary N) is 2. The molecule has 0 aliphatic heterocycles. The number of para-hydroxylation sites is 1. The van der Waals surface area contributed by atoms with Crippen LogP contribution in [0.2, 0.25) is 0 Å². The average Bonchev–Trinajstić information content (AvgIpc) is 2.96. The first-order valence-electron chi connectivity index (χ1n) is 13.5. The second-order valence-corrected chi connectivity index (χ2v) is 12.6. The SMILES string of the molecule is CCc1ccccc1N(CC(=O)Nc1cccc(NC(=O)c2ccc(C(C)(C)C)cc2)c1)S(=O)(=O)c1ccccc1. The lowest BCUT2D eigenvalue weighted by Gasteiger charge is -2.26. The summed E-state index contributed by atoms with van der Waals surface area (Å²) in [5, 5.41) is 5.65. The molecule has 0 radical (unpaired) electrons. The number of anilines is 3. The number of hydrogen-bond donors (Lipinski definition) is 2. The zero-order chi connectivity index (χ0) is 29.6. The Labute approximate surface area is 242 Å². The number of hydrogen-bond acceptors (Lipinski definition) is 4. The predicted molar refractivity (Wildman–Crippen MR) is 165 cm³/mol. The molecule has 0 heterocycles. The van der Waals surface area contributed by atoms with Crippen molar-refractivity contribution >= 4 is 38.9 Å². The van der Waals surface area contributed by atoms with E-state index >= 15 is 0 Å². The van der Waals surface area contributed by atoms with Crippen molar-refractivity contribution in [2.75, 3.05) is 21.5 Å². The van der Waals surface area contributed by atoms with Gasteiger partial charge in [-0.2, -0.15) is 0 Å². The second-order valence-electron chi connectivity index (χ2n) is 10.7. The van der Waals surface area contributed by atoms with Gasteiger partial charge < -0.3 is 10.6 Å². The predicted octanol–water partition coefficient (Wildman–Crippen LogP) is 6.63. The van der Waals surface area contributed by atoms with Crippen LogP contribution in [0.1, 0.15) is 49.2 Å². The van der Waals surface area contributed by atoms with Crippen LogP contribution in [0.3, 0.4) is 0 Å². The summed E-state index contributed by atoms with van der Waals surface area (Å²) in [5.41, 5.74) is 3.81. The van der Waals surface area contributed by atoms with Crippen LogP contribution in [-0.4, -0.2) is 26.8 Å². The highest BCUT2D eigenvalue weighted by Gasteiger charge is 2.28. The van der Waals surface area contributed by atoms with Crippen molar-refractivity contribution in [1.82, 2.24) is 0 Å². The van der Waals surface area contributed by atoms with E-state index in [1.807, 2.05) is 31.2 Å². The average molecular weight is 570 g/mol. The molecule has 0 saturated heterocycles. The normalized spacial score (nSPS) is 11.5. The Morgan fingerprint density at radius 3 is 2.00 bits per heavy atom. The largest absolute Gasteiger partial charge is 0.324 e. The van der Waals surface area contributed by atoms with Gasteiger partial charge in [0, 0.05) is 16.9 Å². The number of amides is 2. The van der Waals surface area contributed by atoms with Gasteiger partial charge in [0.2, 0.25) is 5.91 Å². The van der Waals surface area contributed by atoms with Crippen LogP contribution in [0.25, 0.3) is 0 Å². The standard InChI is InChI=1S/C33H35N3O4S/c1-5-24-12-9-10-17-30(24)36(41(39,40)29-15-7-6-8-16-29)23-31(37)34-27-13-11-14-28(22-27)35-32(38)25-18-20-26(21-19-25)33(2,3)4/h6-22H,5,23H2,1-4H3,(H,34,37)(H,35,38). The maximum absolute atomic E-state index is 13.7. The summed E-state index contributed by atoms with van der Waals surface area (Å²) < 4.78 is 28.5. The number of benzene rings is 4. The van der Waals surface area contributed by atoms with Crippen molar-refractivity contribution in [3.63, 3.8) is 0 Å². The van der Waals surface area contributed by atoms with Crippen molar-refractivity contribution in [2.24, 2.45) is 0 Å². The molecule has 0 unspecified atom stereocenters. The Hall–Kier alpha value is -4.43. The zero-order valence-electron chi connectivity index (χ0n) is 23.7. The van der Waals surface area contributed by atoms with Gasteiger partial charge in [-0.25, -0.2) is 8.42 Å². The first-order chi connectivity index (χ1) is 19.5. The quantitative estimate of drug-likeness (QED) is 0.236. The van der Waals surface area contributed by atoms with E-state index in [0.29, 0.717) is 29.0 Å². The fraction of sp³-hybridized carbons (Fsp3) is 0.212. The van der Waals surface area contributed by atoms with Crippen LogP contribution < -0.4 is 14.9 Å². The summed E-state index contributed by atoms with van der Waals surface area (Å²) in [6, 6.07) is 29.4. The molecule has 0 spiro atoms. The first-order valence-corrected chi connectivity index (χ1v) is 14.9. The smallest absolute Gasteiger partial charge is 0.264 e. The van der Waals surface area contributed by atoms with Gasteiger partial charge in [-0.1, -0.05) is 82.3 Å². The summed E-state index contributed by atoms with van der Waals surface area (Å²) >= 11 is 0. The van der Waals surface area contributed by atoms with Gasteiger partial charge in [-0.3, -0.25) is 13.9 Å². The van der Waals surface area contributed by atoms with Crippen LogP contribution in [0.4, 0.5) is 17.1 Å².